The zero-order valence-electron chi connectivity index (χ0n) is 9.67. The zero-order valence-corrected chi connectivity index (χ0v) is 9.67. The predicted octanol–water partition coefficient (Wildman–Crippen LogP) is 0.776. The van der Waals surface area contributed by atoms with Crippen molar-refractivity contribution in [2.75, 3.05) is 6.54 Å². The summed E-state index contributed by atoms with van der Waals surface area (Å²) in [5, 5.41) is 17.1. The van der Waals surface area contributed by atoms with E-state index in [1.807, 2.05) is 0 Å². The summed E-state index contributed by atoms with van der Waals surface area (Å²) in [5.41, 5.74) is 3.30. The Kier molecular flexibility index (Phi) is 2.56. The van der Waals surface area contributed by atoms with E-state index < -0.39 is 0 Å². The number of fused-ring (bicyclic) bond motifs is 1. The van der Waals surface area contributed by atoms with Crippen molar-refractivity contribution in [3.8, 4) is 0 Å². The van der Waals surface area contributed by atoms with Crippen LogP contribution in [0.3, 0.4) is 0 Å². The first-order valence-corrected chi connectivity index (χ1v) is 5.45. The molecule has 0 aromatic carbocycles. The van der Waals surface area contributed by atoms with Crippen LogP contribution in [0.1, 0.15) is 37.7 Å². The van der Waals surface area contributed by atoms with Gasteiger partial charge in [-0.25, -0.2) is 0 Å². The van der Waals surface area contributed by atoms with Gasteiger partial charge in [-0.15, -0.1) is 0 Å². The molecule has 2 N–H and O–H groups in total. The smallest absolute Gasteiger partial charge is 0.0926 e. The number of nitrogens with one attached hydrogen (secondary N) is 1. The largest absolute Gasteiger partial charge is 0.390 e. The van der Waals surface area contributed by atoms with Crippen molar-refractivity contribution in [2.24, 2.45) is 0 Å². The minimum atomic E-state index is -0.00512. The van der Waals surface area contributed by atoms with Crippen molar-refractivity contribution in [3.63, 3.8) is 0 Å². The lowest BCUT2D eigenvalue weighted by Crippen LogP contribution is -2.30. The van der Waals surface area contributed by atoms with Gasteiger partial charge >= 0.3 is 0 Å². The van der Waals surface area contributed by atoms with E-state index in [0.717, 1.165) is 25.2 Å². The lowest BCUT2D eigenvalue weighted by atomic mass is 10.0. The van der Waals surface area contributed by atoms with Gasteiger partial charge in [-0.2, -0.15) is 5.10 Å². The number of nitrogens with zero attached hydrogens (tertiary/aromatic N) is 2. The molecule has 2 heterocycles. The number of aromatic nitrogens is 2. The summed E-state index contributed by atoms with van der Waals surface area (Å²) in [5.74, 6) is 0. The minimum absolute atomic E-state index is 0.00512. The van der Waals surface area contributed by atoms with Crippen LogP contribution in [0, 0.1) is 0 Å². The number of hydrogen-bond donors (Lipinski definition) is 2. The lowest BCUT2D eigenvalue weighted by molar-refractivity contribution is 0.269. The molecule has 15 heavy (non-hydrogen) atoms. The topological polar surface area (TPSA) is 50.1 Å². The van der Waals surface area contributed by atoms with Crippen LogP contribution in [0.25, 0.3) is 0 Å². The van der Waals surface area contributed by atoms with E-state index >= 15 is 0 Å². The second kappa shape index (κ2) is 3.61. The van der Waals surface area contributed by atoms with Crippen molar-refractivity contribution in [1.82, 2.24) is 15.1 Å². The molecule has 4 heteroatoms. The highest BCUT2D eigenvalue weighted by atomic mass is 16.3. The van der Waals surface area contributed by atoms with Crippen LogP contribution in [0.15, 0.2) is 0 Å². The molecule has 0 amide bonds. The lowest BCUT2D eigenvalue weighted by Gasteiger charge is -2.24. The normalized spacial score (nSPS) is 16.5. The fourth-order valence-corrected chi connectivity index (χ4v) is 2.10. The number of aliphatic hydroxyl groups is 1. The highest BCUT2D eigenvalue weighted by Gasteiger charge is 2.25. The van der Waals surface area contributed by atoms with Crippen molar-refractivity contribution in [2.45, 2.75) is 45.9 Å². The van der Waals surface area contributed by atoms with Crippen LogP contribution < -0.4 is 5.32 Å². The summed E-state index contributed by atoms with van der Waals surface area (Å²) in [7, 11) is 0. The maximum absolute atomic E-state index is 9.27. The van der Waals surface area contributed by atoms with Crippen LogP contribution >= 0.6 is 0 Å². The molecule has 1 aromatic rings. The summed E-state index contributed by atoms with van der Waals surface area (Å²) in [6.45, 7) is 8.30. The molecule has 1 aliphatic rings. The molecule has 1 aliphatic heterocycles. The van der Waals surface area contributed by atoms with Crippen LogP contribution in [-0.2, 0) is 25.1 Å². The van der Waals surface area contributed by atoms with Gasteiger partial charge in [-0.05, 0) is 20.8 Å². The summed E-state index contributed by atoms with van der Waals surface area (Å²) >= 11 is 0. The average molecular weight is 209 g/mol. The molecule has 0 saturated carbocycles. The fraction of sp³-hybridized carbons (Fsp3) is 0.727. The molecule has 1 aromatic heterocycles. The Morgan fingerprint density at radius 3 is 2.80 bits per heavy atom. The van der Waals surface area contributed by atoms with Gasteiger partial charge in [0.1, 0.15) is 0 Å². The Bertz CT molecular complexity index is 363. The first-order chi connectivity index (χ1) is 7.04. The molecular formula is C11H19N3O. The molecular weight excluding hydrogens is 190 g/mol. The van der Waals surface area contributed by atoms with Crippen molar-refractivity contribution in [1.29, 1.82) is 0 Å². The van der Waals surface area contributed by atoms with Crippen LogP contribution in [-0.4, -0.2) is 21.4 Å². The van der Waals surface area contributed by atoms with Gasteiger partial charge in [-0.3, -0.25) is 4.68 Å². The van der Waals surface area contributed by atoms with Gasteiger partial charge in [0.2, 0.25) is 0 Å². The molecule has 0 spiro atoms. The second-order valence-electron chi connectivity index (χ2n) is 5.04. The van der Waals surface area contributed by atoms with Crippen LogP contribution in [0.4, 0.5) is 0 Å². The van der Waals surface area contributed by atoms with Gasteiger partial charge in [-0.1, -0.05) is 0 Å². The quantitative estimate of drug-likeness (QED) is 0.718. The molecule has 0 atom stereocenters. The second-order valence-corrected chi connectivity index (χ2v) is 5.04. The molecule has 0 bridgehead atoms. The van der Waals surface area contributed by atoms with E-state index in [-0.39, 0.29) is 12.1 Å². The van der Waals surface area contributed by atoms with Gasteiger partial charge < -0.3 is 10.4 Å². The highest BCUT2D eigenvalue weighted by Crippen LogP contribution is 2.24. The molecule has 2 rings (SSSR count). The van der Waals surface area contributed by atoms with Crippen LogP contribution in [0.5, 0.6) is 0 Å². The molecule has 84 valence electrons. The first kappa shape index (κ1) is 10.6. The maximum Gasteiger partial charge on any atom is 0.0926 e. The molecule has 0 saturated heterocycles. The van der Waals surface area contributed by atoms with Crippen molar-refractivity contribution in [3.05, 3.63) is 17.0 Å². The molecule has 4 nitrogen and oxygen atoms in total. The van der Waals surface area contributed by atoms with E-state index in [9.17, 15) is 5.11 Å². The number of hydrogen-bond acceptors (Lipinski definition) is 3. The Hall–Kier alpha value is -0.870. The van der Waals surface area contributed by atoms with E-state index in [2.05, 4.69) is 35.9 Å². The molecule has 0 unspecified atom stereocenters. The Morgan fingerprint density at radius 1 is 1.47 bits per heavy atom. The monoisotopic (exact) mass is 209 g/mol. The zero-order chi connectivity index (χ0) is 11.1. The number of rotatable bonds is 1. The van der Waals surface area contributed by atoms with Gasteiger partial charge in [0.15, 0.2) is 0 Å². The van der Waals surface area contributed by atoms with E-state index in [1.165, 1.54) is 11.3 Å². The van der Waals surface area contributed by atoms with E-state index in [4.69, 9.17) is 0 Å². The van der Waals surface area contributed by atoms with E-state index in [1.54, 1.807) is 0 Å². The summed E-state index contributed by atoms with van der Waals surface area (Å²) in [6, 6.07) is 0. The van der Waals surface area contributed by atoms with Crippen molar-refractivity contribution >= 4 is 0 Å². The first-order valence-electron chi connectivity index (χ1n) is 5.45. The van der Waals surface area contributed by atoms with E-state index in [0.29, 0.717) is 0 Å². The maximum atomic E-state index is 9.27. The van der Waals surface area contributed by atoms with Gasteiger partial charge in [0.25, 0.3) is 0 Å². The Balaban J connectivity index is 2.52. The predicted molar refractivity (Wildman–Crippen MR) is 58.6 cm³/mol. The molecule has 0 fully saturated rings. The molecule has 0 aliphatic carbocycles. The average Bonchev–Trinajstić information content (AvgIpc) is 2.55. The van der Waals surface area contributed by atoms with Crippen LogP contribution in [0.2, 0.25) is 0 Å². The van der Waals surface area contributed by atoms with Crippen molar-refractivity contribution < 1.29 is 5.11 Å². The highest BCUT2D eigenvalue weighted by molar-refractivity contribution is 5.29. The molecule has 0 radical (unpaired) electrons. The fourth-order valence-electron chi connectivity index (χ4n) is 2.10. The minimum Gasteiger partial charge on any atom is -0.390 e. The summed E-state index contributed by atoms with van der Waals surface area (Å²) in [6.07, 6.45) is 1.000. The third-order valence-electron chi connectivity index (χ3n) is 2.80. The Labute approximate surface area is 90.3 Å². The standard InChI is InChI=1S/C11H19N3O/c1-11(2,3)14-10-4-5-12-6-8(10)9(7-15)13-14/h12,15H,4-7H2,1-3H3. The summed E-state index contributed by atoms with van der Waals surface area (Å²) in [4.78, 5) is 0. The Morgan fingerprint density at radius 2 is 2.20 bits per heavy atom. The summed E-state index contributed by atoms with van der Waals surface area (Å²) < 4.78 is 2.06. The van der Waals surface area contributed by atoms with Gasteiger partial charge in [0, 0.05) is 30.8 Å². The third kappa shape index (κ3) is 1.79. The van der Waals surface area contributed by atoms with Gasteiger partial charge in [0.05, 0.1) is 17.8 Å². The number of aliphatic hydroxyl groups excluding tert-OH is 1. The third-order valence-corrected chi connectivity index (χ3v) is 2.80. The SMILES string of the molecule is CC(C)(C)n1nc(CO)c2c1CCNC2.